The van der Waals surface area contributed by atoms with Crippen LogP contribution in [0.4, 0.5) is 0 Å². The van der Waals surface area contributed by atoms with E-state index in [9.17, 15) is 24.2 Å². The number of rotatable bonds is 10. The third-order valence-electron chi connectivity index (χ3n) is 4.12. The van der Waals surface area contributed by atoms with E-state index >= 15 is 0 Å². The Morgan fingerprint density at radius 2 is 2.03 bits per heavy atom. The number of carbonyl (C=O) groups is 2. The van der Waals surface area contributed by atoms with Gasteiger partial charge in [0.05, 0.1) is 19.8 Å². The van der Waals surface area contributed by atoms with Crippen molar-refractivity contribution in [2.24, 2.45) is 5.73 Å². The molecule has 1 heterocycles. The number of aryl methyl sites for hydroxylation is 1. The van der Waals surface area contributed by atoms with Crippen molar-refractivity contribution in [1.29, 1.82) is 0 Å². The predicted octanol–water partition coefficient (Wildman–Crippen LogP) is 0.571. The fourth-order valence-electron chi connectivity index (χ4n) is 2.56. The lowest BCUT2D eigenvalue weighted by atomic mass is 10.1. The summed E-state index contributed by atoms with van der Waals surface area (Å²) in [5, 5.41) is 18.4. The van der Waals surface area contributed by atoms with Crippen LogP contribution in [-0.4, -0.2) is 65.1 Å². The second kappa shape index (κ2) is 10.7. The Labute approximate surface area is 166 Å². The minimum absolute atomic E-state index is 0.0115. The molecular weight excluding hydrogens is 409 g/mol. The number of phenolic OH excluding ortho intramolecular Hbond substituents is 1. The topological polar surface area (TPSA) is 175 Å². The largest absolute Gasteiger partial charge is 0.508 e. The standard InChI is InChI=1S/C17H24NO10P/c18-12(17(21)22)9-26-29(23,24)28-15-10-25-8-7-14(15)27-16(20)6-5-11-3-1-2-4-13(11)19/h1-4,12,14-15,19H,5-10,18H2,(H,21,22)(H,23,24)/t12-,14?,15+/m0/s1. The van der Waals surface area contributed by atoms with Gasteiger partial charge in [0.2, 0.25) is 0 Å². The maximum absolute atomic E-state index is 12.2. The summed E-state index contributed by atoms with van der Waals surface area (Å²) < 4.78 is 32.2. The smallest absolute Gasteiger partial charge is 0.472 e. The molecule has 2 unspecified atom stereocenters. The lowest BCUT2D eigenvalue weighted by Gasteiger charge is -2.31. The predicted molar refractivity (Wildman–Crippen MR) is 98.0 cm³/mol. The van der Waals surface area contributed by atoms with E-state index in [-0.39, 0.29) is 38.2 Å². The normalized spacial score (nSPS) is 22.4. The number of para-hydroxylation sites is 1. The molecule has 1 aromatic rings. The first kappa shape index (κ1) is 23.3. The fourth-order valence-corrected chi connectivity index (χ4v) is 3.51. The van der Waals surface area contributed by atoms with E-state index in [4.69, 9.17) is 24.8 Å². The lowest BCUT2D eigenvalue weighted by Crippen LogP contribution is -2.41. The van der Waals surface area contributed by atoms with Gasteiger partial charge < -0.3 is 30.3 Å². The molecule has 0 spiro atoms. The molecule has 11 nitrogen and oxygen atoms in total. The Morgan fingerprint density at radius 1 is 1.31 bits per heavy atom. The molecule has 0 amide bonds. The summed E-state index contributed by atoms with van der Waals surface area (Å²) >= 11 is 0. The van der Waals surface area contributed by atoms with Crippen LogP contribution >= 0.6 is 7.82 Å². The molecule has 2 rings (SSSR count). The molecule has 4 atom stereocenters. The summed E-state index contributed by atoms with van der Waals surface area (Å²) in [5.41, 5.74) is 5.81. The highest BCUT2D eigenvalue weighted by Crippen LogP contribution is 2.46. The highest BCUT2D eigenvalue weighted by molar-refractivity contribution is 7.47. The number of benzene rings is 1. The number of carboxylic acids is 1. The number of hydrogen-bond donors (Lipinski definition) is 4. The van der Waals surface area contributed by atoms with Gasteiger partial charge in [-0.1, -0.05) is 18.2 Å². The molecule has 12 heteroatoms. The summed E-state index contributed by atoms with van der Waals surface area (Å²) in [4.78, 5) is 32.6. The van der Waals surface area contributed by atoms with Crippen molar-refractivity contribution in [2.75, 3.05) is 19.8 Å². The lowest BCUT2D eigenvalue weighted by molar-refractivity contribution is -0.164. The number of ether oxygens (including phenoxy) is 2. The fraction of sp³-hybridized carbons (Fsp3) is 0.529. The second-order valence-corrected chi connectivity index (χ2v) is 7.78. The van der Waals surface area contributed by atoms with Crippen molar-refractivity contribution >= 4 is 19.8 Å². The Kier molecular flexibility index (Phi) is 8.57. The minimum atomic E-state index is -4.65. The van der Waals surface area contributed by atoms with Gasteiger partial charge in [-0.05, 0) is 18.1 Å². The van der Waals surface area contributed by atoms with Crippen LogP contribution in [0.5, 0.6) is 5.75 Å². The van der Waals surface area contributed by atoms with Crippen LogP contribution < -0.4 is 5.73 Å². The minimum Gasteiger partial charge on any atom is -0.508 e. The van der Waals surface area contributed by atoms with Gasteiger partial charge in [0, 0.05) is 12.8 Å². The first-order valence-electron chi connectivity index (χ1n) is 8.86. The van der Waals surface area contributed by atoms with Crippen LogP contribution in [0.1, 0.15) is 18.4 Å². The number of hydrogen-bond acceptors (Lipinski definition) is 9. The highest BCUT2D eigenvalue weighted by atomic mass is 31.2. The Morgan fingerprint density at radius 3 is 2.72 bits per heavy atom. The SMILES string of the molecule is N[C@@H](COP(=O)(O)O[C@@H]1COCCC1OC(=O)CCc1ccccc1O)C(=O)O. The summed E-state index contributed by atoms with van der Waals surface area (Å²) in [7, 11) is -4.65. The van der Waals surface area contributed by atoms with Gasteiger partial charge in [0.15, 0.2) is 0 Å². The molecule has 5 N–H and O–H groups in total. The Balaban J connectivity index is 1.88. The van der Waals surface area contributed by atoms with Gasteiger partial charge in [0.25, 0.3) is 0 Å². The summed E-state index contributed by atoms with van der Waals surface area (Å²) in [6.07, 6.45) is -1.44. The zero-order chi connectivity index (χ0) is 21.4. The summed E-state index contributed by atoms with van der Waals surface area (Å²) in [5.74, 6) is -1.90. The maximum Gasteiger partial charge on any atom is 0.472 e. The number of carboxylic acid groups (broad SMARTS) is 1. The van der Waals surface area contributed by atoms with E-state index < -0.39 is 44.6 Å². The van der Waals surface area contributed by atoms with E-state index in [2.05, 4.69) is 4.52 Å². The molecular formula is C17H24NO10P. The van der Waals surface area contributed by atoms with Crippen LogP contribution in [0.2, 0.25) is 0 Å². The molecule has 1 aliphatic rings. The van der Waals surface area contributed by atoms with Gasteiger partial charge in [-0.15, -0.1) is 0 Å². The number of phosphoric acid groups is 1. The number of nitrogens with two attached hydrogens (primary N) is 1. The molecule has 0 bridgehead atoms. The maximum atomic E-state index is 12.2. The van der Waals surface area contributed by atoms with E-state index in [0.29, 0.717) is 5.56 Å². The number of aromatic hydroxyl groups is 1. The van der Waals surface area contributed by atoms with Crippen molar-refractivity contribution in [1.82, 2.24) is 0 Å². The quantitative estimate of drug-likeness (QED) is 0.300. The molecule has 0 radical (unpaired) electrons. The molecule has 1 fully saturated rings. The average molecular weight is 433 g/mol. The van der Waals surface area contributed by atoms with Crippen molar-refractivity contribution in [3.8, 4) is 5.75 Å². The van der Waals surface area contributed by atoms with Crippen molar-refractivity contribution in [2.45, 2.75) is 37.5 Å². The first-order chi connectivity index (χ1) is 13.7. The van der Waals surface area contributed by atoms with Gasteiger partial charge in [0.1, 0.15) is 24.0 Å². The van der Waals surface area contributed by atoms with Crippen LogP contribution in [0, 0.1) is 0 Å². The Hall–Kier alpha value is -2.01. The number of esters is 1. The number of carbonyl (C=O) groups excluding carboxylic acids is 1. The second-order valence-electron chi connectivity index (χ2n) is 6.37. The van der Waals surface area contributed by atoms with Gasteiger partial charge in [-0.3, -0.25) is 18.6 Å². The van der Waals surface area contributed by atoms with Crippen LogP contribution in [-0.2, 0) is 39.1 Å². The number of aliphatic carboxylic acids is 1. The van der Waals surface area contributed by atoms with Crippen molar-refractivity contribution in [3.05, 3.63) is 29.8 Å². The first-order valence-corrected chi connectivity index (χ1v) is 10.4. The van der Waals surface area contributed by atoms with E-state index in [1.54, 1.807) is 18.2 Å². The summed E-state index contributed by atoms with van der Waals surface area (Å²) in [6, 6.07) is 5.10. The van der Waals surface area contributed by atoms with Crippen molar-refractivity contribution in [3.63, 3.8) is 0 Å². The van der Waals surface area contributed by atoms with Crippen LogP contribution in [0.25, 0.3) is 0 Å². The average Bonchev–Trinajstić information content (AvgIpc) is 2.67. The zero-order valence-electron chi connectivity index (χ0n) is 15.5. The highest BCUT2D eigenvalue weighted by Gasteiger charge is 2.37. The van der Waals surface area contributed by atoms with Gasteiger partial charge in [-0.2, -0.15) is 0 Å². The third-order valence-corrected chi connectivity index (χ3v) is 5.13. The molecule has 162 valence electrons. The molecule has 0 aromatic heterocycles. The molecule has 1 aliphatic heterocycles. The number of phenols is 1. The Bertz CT molecular complexity index is 757. The zero-order valence-corrected chi connectivity index (χ0v) is 16.4. The van der Waals surface area contributed by atoms with Crippen LogP contribution in [0.3, 0.4) is 0 Å². The van der Waals surface area contributed by atoms with E-state index in [1.807, 2.05) is 0 Å². The molecule has 1 saturated heterocycles. The summed E-state index contributed by atoms with van der Waals surface area (Å²) in [6.45, 7) is -0.588. The van der Waals surface area contributed by atoms with E-state index in [1.165, 1.54) is 6.07 Å². The molecule has 0 aliphatic carbocycles. The number of phosphoric ester groups is 1. The molecule has 29 heavy (non-hydrogen) atoms. The van der Waals surface area contributed by atoms with Gasteiger partial charge in [-0.25, -0.2) is 4.57 Å². The monoisotopic (exact) mass is 433 g/mol. The molecule has 1 aromatic carbocycles. The van der Waals surface area contributed by atoms with Gasteiger partial charge >= 0.3 is 19.8 Å². The third kappa shape index (κ3) is 7.73. The van der Waals surface area contributed by atoms with Crippen molar-refractivity contribution < 1.29 is 47.8 Å². The van der Waals surface area contributed by atoms with Crippen LogP contribution in [0.15, 0.2) is 24.3 Å². The van der Waals surface area contributed by atoms with E-state index in [0.717, 1.165) is 0 Å². The molecule has 0 saturated carbocycles.